The molecule has 1 aliphatic carbocycles. The van der Waals surface area contributed by atoms with E-state index < -0.39 is 0 Å². The molecule has 3 N–H and O–H groups in total. The maximum atomic E-state index is 6.04. The average Bonchev–Trinajstić information content (AvgIpc) is 3.13. The second kappa shape index (κ2) is 6.86. The van der Waals surface area contributed by atoms with Crippen LogP contribution in [0.15, 0.2) is 22.6 Å². The lowest BCUT2D eigenvalue weighted by Gasteiger charge is -1.98. The van der Waals surface area contributed by atoms with Gasteiger partial charge in [-0.3, -0.25) is 0 Å². The Morgan fingerprint density at radius 1 is 1.35 bits per heavy atom. The minimum Gasteiger partial charge on any atom is -0.441 e. The summed E-state index contributed by atoms with van der Waals surface area (Å²) in [4.78, 5) is 10.9. The van der Waals surface area contributed by atoms with Crippen molar-refractivity contribution in [1.82, 2.24) is 15.3 Å². The highest BCUT2D eigenvalue weighted by Crippen LogP contribution is 2.31. The van der Waals surface area contributed by atoms with Crippen molar-refractivity contribution in [3.8, 4) is 11.6 Å². The highest BCUT2D eigenvalue weighted by molar-refractivity contribution is 7.18. The molecule has 4 rings (SSSR count). The second-order valence-corrected chi connectivity index (χ2v) is 6.61. The second-order valence-electron chi connectivity index (χ2n) is 5.12. The number of nitrogens with zero attached hydrogens (tertiary/aromatic N) is 2. The molecule has 0 radical (unpaired) electrons. The van der Waals surface area contributed by atoms with Crippen molar-refractivity contribution in [1.29, 1.82) is 0 Å². The summed E-state index contributed by atoms with van der Waals surface area (Å²) in [5.74, 6) is 1.46. The Bertz CT molecular complexity index is 810. The number of hydrogen-bond donors (Lipinski definition) is 2. The normalized spacial score (nSPS) is 13.9. The van der Waals surface area contributed by atoms with Gasteiger partial charge in [-0.25, -0.2) is 9.97 Å². The third kappa shape index (κ3) is 3.65. The first-order valence-electron chi connectivity index (χ1n) is 7.74. The Morgan fingerprint density at radius 3 is 2.78 bits per heavy atom. The molecule has 0 spiro atoms. The van der Waals surface area contributed by atoms with E-state index in [-0.39, 0.29) is 0 Å². The third-order valence-corrected chi connectivity index (χ3v) is 4.64. The van der Waals surface area contributed by atoms with E-state index in [0.29, 0.717) is 28.7 Å². The molecule has 0 aliphatic heterocycles. The van der Waals surface area contributed by atoms with Crippen LogP contribution in [0.3, 0.4) is 0 Å². The first-order chi connectivity index (χ1) is 11.2. The number of nitrogens with two attached hydrogens (primary N) is 1. The van der Waals surface area contributed by atoms with Crippen LogP contribution in [-0.4, -0.2) is 16.0 Å². The average molecular weight is 351 g/mol. The van der Waals surface area contributed by atoms with Gasteiger partial charge in [0.25, 0.3) is 0 Å². The van der Waals surface area contributed by atoms with Gasteiger partial charge in [-0.1, -0.05) is 13.8 Å². The number of rotatable bonds is 4. The number of halogens is 1. The quantitative estimate of drug-likeness (QED) is 0.726. The Kier molecular flexibility index (Phi) is 4.84. The minimum absolute atomic E-state index is 0.313. The summed E-state index contributed by atoms with van der Waals surface area (Å²) in [5.41, 5.74) is 6.04. The molecule has 0 atom stereocenters. The molecule has 0 amide bonds. The summed E-state index contributed by atoms with van der Waals surface area (Å²) in [6.45, 7) is 4.85. The highest BCUT2D eigenvalue weighted by atomic mass is 35.5. The smallest absolute Gasteiger partial charge is 0.199 e. The first-order valence-corrected chi connectivity index (χ1v) is 8.93. The molecular weight excluding hydrogens is 332 g/mol. The van der Waals surface area contributed by atoms with E-state index in [0.717, 1.165) is 16.8 Å². The molecule has 0 saturated heterocycles. The van der Waals surface area contributed by atoms with E-state index in [1.54, 1.807) is 23.5 Å². The summed E-state index contributed by atoms with van der Waals surface area (Å²) < 4.78 is 5.34. The summed E-state index contributed by atoms with van der Waals surface area (Å²) in [6.07, 6.45) is 2.55. The molecule has 1 saturated carbocycles. The number of thiophene rings is 1. The van der Waals surface area contributed by atoms with Gasteiger partial charge in [0.1, 0.15) is 10.6 Å². The number of aromatic nitrogens is 2. The van der Waals surface area contributed by atoms with Gasteiger partial charge < -0.3 is 15.5 Å². The van der Waals surface area contributed by atoms with Crippen LogP contribution in [0.2, 0.25) is 5.22 Å². The molecule has 3 heterocycles. The van der Waals surface area contributed by atoms with Gasteiger partial charge in [0.2, 0.25) is 0 Å². The fourth-order valence-corrected chi connectivity index (χ4v) is 3.29. The maximum Gasteiger partial charge on any atom is 0.199 e. The number of hydrogen-bond acceptors (Lipinski definition) is 6. The summed E-state index contributed by atoms with van der Waals surface area (Å²) >= 11 is 7.42. The summed E-state index contributed by atoms with van der Waals surface area (Å²) in [5, 5.41) is 4.70. The zero-order chi connectivity index (χ0) is 16.4. The SMILES string of the molecule is CC.Nc1nc(-c2ccc(Cl)o2)nc2sc(CNC3CC3)cc12. The number of anilines is 1. The largest absolute Gasteiger partial charge is 0.441 e. The lowest BCUT2D eigenvalue weighted by atomic mass is 10.3. The lowest BCUT2D eigenvalue weighted by molar-refractivity contribution is 0.580. The van der Waals surface area contributed by atoms with E-state index in [9.17, 15) is 0 Å². The predicted molar refractivity (Wildman–Crippen MR) is 95.7 cm³/mol. The number of nitrogen functional groups attached to an aromatic ring is 1. The van der Waals surface area contributed by atoms with Crippen LogP contribution in [0.5, 0.6) is 0 Å². The van der Waals surface area contributed by atoms with Gasteiger partial charge in [0, 0.05) is 17.5 Å². The molecule has 1 fully saturated rings. The van der Waals surface area contributed by atoms with Crippen LogP contribution in [0.4, 0.5) is 5.82 Å². The molecule has 1 aliphatic rings. The van der Waals surface area contributed by atoms with E-state index >= 15 is 0 Å². The van der Waals surface area contributed by atoms with Crippen molar-refractivity contribution >= 4 is 39.0 Å². The molecule has 23 heavy (non-hydrogen) atoms. The molecule has 7 heteroatoms. The summed E-state index contributed by atoms with van der Waals surface area (Å²) in [7, 11) is 0. The molecule has 3 aromatic rings. The molecule has 5 nitrogen and oxygen atoms in total. The number of furan rings is 1. The van der Waals surface area contributed by atoms with E-state index in [1.807, 2.05) is 13.8 Å². The van der Waals surface area contributed by atoms with Crippen LogP contribution in [-0.2, 0) is 6.54 Å². The van der Waals surface area contributed by atoms with Gasteiger partial charge in [0.15, 0.2) is 16.8 Å². The zero-order valence-corrected chi connectivity index (χ0v) is 14.7. The molecular formula is C16H19ClN4OS. The Morgan fingerprint density at radius 2 is 2.13 bits per heavy atom. The maximum absolute atomic E-state index is 6.04. The number of fused-ring (bicyclic) bond motifs is 1. The van der Waals surface area contributed by atoms with Gasteiger partial charge in [0.05, 0.1) is 5.39 Å². The van der Waals surface area contributed by atoms with Crippen LogP contribution in [0.25, 0.3) is 21.8 Å². The monoisotopic (exact) mass is 350 g/mol. The topological polar surface area (TPSA) is 77.0 Å². The van der Waals surface area contributed by atoms with Gasteiger partial charge in [-0.2, -0.15) is 0 Å². The van der Waals surface area contributed by atoms with E-state index in [1.165, 1.54) is 17.7 Å². The van der Waals surface area contributed by atoms with Gasteiger partial charge in [-0.05, 0) is 42.6 Å². The zero-order valence-electron chi connectivity index (χ0n) is 13.1. The molecule has 0 aromatic carbocycles. The van der Waals surface area contributed by atoms with Crippen molar-refractivity contribution in [2.24, 2.45) is 0 Å². The van der Waals surface area contributed by atoms with Crippen molar-refractivity contribution in [3.05, 3.63) is 28.3 Å². The molecule has 3 aromatic heterocycles. The molecule has 122 valence electrons. The lowest BCUT2D eigenvalue weighted by Crippen LogP contribution is -2.14. The Balaban J connectivity index is 0.000000753. The van der Waals surface area contributed by atoms with Crippen molar-refractivity contribution in [2.75, 3.05) is 5.73 Å². The van der Waals surface area contributed by atoms with Gasteiger partial charge in [-0.15, -0.1) is 11.3 Å². The minimum atomic E-state index is 0.313. The van der Waals surface area contributed by atoms with E-state index in [4.69, 9.17) is 21.8 Å². The van der Waals surface area contributed by atoms with Crippen LogP contribution in [0, 0.1) is 0 Å². The van der Waals surface area contributed by atoms with Crippen molar-refractivity contribution in [2.45, 2.75) is 39.3 Å². The fourth-order valence-electron chi connectivity index (χ4n) is 2.16. The Labute approximate surface area is 143 Å². The predicted octanol–water partition coefficient (Wildman–Crippen LogP) is 4.47. The van der Waals surface area contributed by atoms with Gasteiger partial charge >= 0.3 is 0 Å². The fraction of sp³-hybridized carbons (Fsp3) is 0.375. The van der Waals surface area contributed by atoms with E-state index in [2.05, 4.69) is 21.4 Å². The highest BCUT2D eigenvalue weighted by Gasteiger charge is 2.21. The first kappa shape index (κ1) is 16.2. The third-order valence-electron chi connectivity index (χ3n) is 3.41. The van der Waals surface area contributed by atoms with Crippen molar-refractivity contribution < 1.29 is 4.42 Å². The standard InChI is InChI=1S/C14H13ClN4OS.C2H6/c15-11-4-3-10(20-11)13-18-12(16)9-5-8(21-14(9)19-13)6-17-7-1-2-7;1-2/h3-5,7,17H,1-2,6H2,(H2,16,18,19);1-2H3. The molecule has 0 bridgehead atoms. The number of nitrogens with one attached hydrogen (secondary N) is 1. The Hall–Kier alpha value is -1.63. The van der Waals surface area contributed by atoms with Crippen LogP contribution in [0.1, 0.15) is 31.6 Å². The summed E-state index contributed by atoms with van der Waals surface area (Å²) in [6, 6.07) is 6.15. The van der Waals surface area contributed by atoms with Crippen LogP contribution >= 0.6 is 22.9 Å². The van der Waals surface area contributed by atoms with Crippen molar-refractivity contribution in [3.63, 3.8) is 0 Å². The van der Waals surface area contributed by atoms with Crippen LogP contribution < -0.4 is 11.1 Å². The molecule has 0 unspecified atom stereocenters.